The summed E-state index contributed by atoms with van der Waals surface area (Å²) in [5.74, 6) is -0.373. The van der Waals surface area contributed by atoms with Gasteiger partial charge in [-0.3, -0.25) is 9.59 Å². The average molecular weight is 366 g/mol. The second-order valence-corrected chi connectivity index (χ2v) is 6.33. The molecule has 0 saturated carbocycles. The molecule has 0 aliphatic carbocycles. The highest BCUT2D eigenvalue weighted by Crippen LogP contribution is 2.22. The van der Waals surface area contributed by atoms with E-state index in [1.807, 2.05) is 48.5 Å². The lowest BCUT2D eigenvalue weighted by Crippen LogP contribution is -2.26. The van der Waals surface area contributed by atoms with Gasteiger partial charge in [-0.25, -0.2) is 0 Å². The van der Waals surface area contributed by atoms with Crippen molar-refractivity contribution >= 4 is 16.9 Å². The number of hydrogen-bond donors (Lipinski definition) is 2. The van der Waals surface area contributed by atoms with Crippen LogP contribution in [0.2, 0.25) is 0 Å². The minimum Gasteiger partial charge on any atom is -0.493 e. The van der Waals surface area contributed by atoms with Gasteiger partial charge in [0.05, 0.1) is 25.1 Å². The Hall–Kier alpha value is -3.12. The third kappa shape index (κ3) is 4.54. The molecular formula is C21H22N2O4. The van der Waals surface area contributed by atoms with Gasteiger partial charge in [-0.15, -0.1) is 0 Å². The first-order valence-corrected chi connectivity index (χ1v) is 8.83. The molecule has 0 spiro atoms. The van der Waals surface area contributed by atoms with Crippen LogP contribution in [0.3, 0.4) is 0 Å². The van der Waals surface area contributed by atoms with Gasteiger partial charge >= 0.3 is 5.97 Å². The molecule has 6 nitrogen and oxygen atoms in total. The summed E-state index contributed by atoms with van der Waals surface area (Å²) in [6.07, 6.45) is 0.435. The number of fused-ring (bicyclic) bond motifs is 1. The molecule has 3 rings (SSSR count). The van der Waals surface area contributed by atoms with Gasteiger partial charge in [0.2, 0.25) is 0 Å². The third-order valence-corrected chi connectivity index (χ3v) is 4.28. The Kier molecular flexibility index (Phi) is 5.88. The summed E-state index contributed by atoms with van der Waals surface area (Å²) in [5, 5.41) is 9.93. The zero-order valence-corrected chi connectivity index (χ0v) is 14.9. The van der Waals surface area contributed by atoms with E-state index in [0.29, 0.717) is 31.0 Å². The molecule has 0 bridgehead atoms. The van der Waals surface area contributed by atoms with E-state index in [0.717, 1.165) is 17.4 Å². The van der Waals surface area contributed by atoms with Gasteiger partial charge in [-0.05, 0) is 42.1 Å². The fourth-order valence-corrected chi connectivity index (χ4v) is 2.99. The lowest BCUT2D eigenvalue weighted by atomic mass is 10.1. The summed E-state index contributed by atoms with van der Waals surface area (Å²) >= 11 is 0. The molecule has 0 fully saturated rings. The van der Waals surface area contributed by atoms with Gasteiger partial charge in [-0.2, -0.15) is 0 Å². The highest BCUT2D eigenvalue weighted by molar-refractivity contribution is 5.82. The van der Waals surface area contributed by atoms with Crippen LogP contribution in [0.1, 0.15) is 17.5 Å². The second kappa shape index (κ2) is 8.51. The van der Waals surface area contributed by atoms with E-state index >= 15 is 0 Å². The first kappa shape index (κ1) is 18.7. The molecule has 27 heavy (non-hydrogen) atoms. The SMILES string of the molecule is NCCCOc1ccc2cc(CC(=O)O)c(=O)n(Cc3ccccc3)c2c1. The van der Waals surface area contributed by atoms with Crippen LogP contribution in [0.4, 0.5) is 0 Å². The van der Waals surface area contributed by atoms with E-state index in [2.05, 4.69) is 0 Å². The van der Waals surface area contributed by atoms with Crippen LogP contribution in [0.15, 0.2) is 59.4 Å². The highest BCUT2D eigenvalue weighted by atomic mass is 16.5. The first-order chi connectivity index (χ1) is 13.1. The fraction of sp³-hybridized carbons (Fsp3) is 0.238. The molecule has 0 aliphatic rings. The zero-order valence-electron chi connectivity index (χ0n) is 14.9. The van der Waals surface area contributed by atoms with Crippen molar-refractivity contribution < 1.29 is 14.6 Å². The van der Waals surface area contributed by atoms with Gasteiger partial charge in [0.1, 0.15) is 5.75 Å². The van der Waals surface area contributed by atoms with E-state index in [9.17, 15) is 9.59 Å². The van der Waals surface area contributed by atoms with Crippen molar-refractivity contribution in [2.24, 2.45) is 5.73 Å². The van der Waals surface area contributed by atoms with Gasteiger partial charge in [-0.1, -0.05) is 30.3 Å². The van der Waals surface area contributed by atoms with Gasteiger partial charge in [0.15, 0.2) is 0 Å². The molecule has 3 aromatic rings. The molecule has 1 aromatic heterocycles. The van der Waals surface area contributed by atoms with Gasteiger partial charge in [0, 0.05) is 11.6 Å². The summed E-state index contributed by atoms with van der Waals surface area (Å²) in [7, 11) is 0. The quantitative estimate of drug-likeness (QED) is 0.597. The Labute approximate surface area is 156 Å². The minimum absolute atomic E-state index is 0.266. The molecular weight excluding hydrogens is 344 g/mol. The molecule has 0 unspecified atom stereocenters. The highest BCUT2D eigenvalue weighted by Gasteiger charge is 2.13. The smallest absolute Gasteiger partial charge is 0.308 e. The van der Waals surface area contributed by atoms with Crippen LogP contribution in [-0.4, -0.2) is 28.8 Å². The largest absolute Gasteiger partial charge is 0.493 e. The maximum atomic E-state index is 12.9. The second-order valence-electron chi connectivity index (χ2n) is 6.33. The summed E-state index contributed by atoms with van der Waals surface area (Å²) in [6, 6.07) is 16.7. The van der Waals surface area contributed by atoms with Crippen molar-refractivity contribution in [1.29, 1.82) is 0 Å². The number of nitrogens with two attached hydrogens (primary N) is 1. The molecule has 0 amide bonds. The van der Waals surface area contributed by atoms with Crippen molar-refractivity contribution in [2.75, 3.05) is 13.2 Å². The van der Waals surface area contributed by atoms with E-state index < -0.39 is 5.97 Å². The molecule has 0 radical (unpaired) electrons. The number of aliphatic carboxylic acids is 1. The number of carboxylic acid groups (broad SMARTS) is 1. The monoisotopic (exact) mass is 366 g/mol. The van der Waals surface area contributed by atoms with Crippen LogP contribution < -0.4 is 16.0 Å². The van der Waals surface area contributed by atoms with E-state index in [-0.39, 0.29) is 17.5 Å². The Morgan fingerprint density at radius 3 is 2.59 bits per heavy atom. The molecule has 6 heteroatoms. The third-order valence-electron chi connectivity index (χ3n) is 4.28. The number of ether oxygens (including phenoxy) is 1. The Balaban J connectivity index is 2.10. The van der Waals surface area contributed by atoms with E-state index in [1.54, 1.807) is 10.6 Å². The van der Waals surface area contributed by atoms with Crippen LogP contribution in [0, 0.1) is 0 Å². The molecule has 1 heterocycles. The maximum absolute atomic E-state index is 12.9. The van der Waals surface area contributed by atoms with E-state index in [4.69, 9.17) is 15.6 Å². The summed E-state index contributed by atoms with van der Waals surface area (Å²) in [6.45, 7) is 1.41. The van der Waals surface area contributed by atoms with Gasteiger partial charge in [0.25, 0.3) is 5.56 Å². The maximum Gasteiger partial charge on any atom is 0.308 e. The molecule has 140 valence electrons. The van der Waals surface area contributed by atoms with Crippen LogP contribution >= 0.6 is 0 Å². The lowest BCUT2D eigenvalue weighted by molar-refractivity contribution is -0.136. The van der Waals surface area contributed by atoms with Crippen molar-refractivity contribution in [3.63, 3.8) is 0 Å². The summed E-state index contributed by atoms with van der Waals surface area (Å²) in [4.78, 5) is 24.1. The van der Waals surface area contributed by atoms with Crippen molar-refractivity contribution in [1.82, 2.24) is 4.57 Å². The molecule has 3 N–H and O–H groups in total. The van der Waals surface area contributed by atoms with Crippen LogP contribution in [0.5, 0.6) is 5.75 Å². The number of hydrogen-bond acceptors (Lipinski definition) is 4. The minimum atomic E-state index is -1.03. The number of rotatable bonds is 8. The predicted octanol–water partition coefficient (Wildman–Crippen LogP) is 2.40. The number of pyridine rings is 1. The van der Waals surface area contributed by atoms with Crippen molar-refractivity contribution in [3.05, 3.63) is 76.1 Å². The van der Waals surface area contributed by atoms with Crippen molar-refractivity contribution in [2.45, 2.75) is 19.4 Å². The molecule has 0 aliphatic heterocycles. The van der Waals surface area contributed by atoms with Crippen LogP contribution in [-0.2, 0) is 17.8 Å². The predicted molar refractivity (Wildman–Crippen MR) is 104 cm³/mol. The standard InChI is InChI=1S/C21H22N2O4/c22-9-4-10-27-18-8-7-16-11-17(12-20(24)25)21(26)23(19(16)13-18)14-15-5-2-1-3-6-15/h1-3,5-8,11,13H,4,9-10,12,14,22H2,(H,24,25). The number of benzene rings is 2. The summed E-state index contributed by atoms with van der Waals surface area (Å²) < 4.78 is 7.31. The van der Waals surface area contributed by atoms with Crippen molar-refractivity contribution in [3.8, 4) is 5.75 Å². The lowest BCUT2D eigenvalue weighted by Gasteiger charge is -2.14. The number of carboxylic acids is 1. The Bertz CT molecular complexity index is 996. The zero-order chi connectivity index (χ0) is 19.2. The molecule has 0 atom stereocenters. The molecule has 0 saturated heterocycles. The first-order valence-electron chi connectivity index (χ1n) is 8.83. The Morgan fingerprint density at radius 2 is 1.89 bits per heavy atom. The number of nitrogens with zero attached hydrogens (tertiary/aromatic N) is 1. The number of aromatic nitrogens is 1. The average Bonchev–Trinajstić information content (AvgIpc) is 2.66. The summed E-state index contributed by atoms with van der Waals surface area (Å²) in [5.41, 5.74) is 7.14. The van der Waals surface area contributed by atoms with Crippen LogP contribution in [0.25, 0.3) is 10.9 Å². The molecule has 2 aromatic carbocycles. The fourth-order valence-electron chi connectivity index (χ4n) is 2.99. The number of carbonyl (C=O) groups is 1. The Morgan fingerprint density at radius 1 is 1.11 bits per heavy atom. The topological polar surface area (TPSA) is 94.6 Å². The van der Waals surface area contributed by atoms with Gasteiger partial charge < -0.3 is 20.1 Å². The normalized spacial score (nSPS) is 10.9. The van der Waals surface area contributed by atoms with E-state index in [1.165, 1.54) is 0 Å².